The van der Waals surface area contributed by atoms with Gasteiger partial charge in [0.15, 0.2) is 0 Å². The smallest absolute Gasteiger partial charge is 0.222 e. The number of hydrogen-bond acceptors (Lipinski definition) is 4. The van der Waals surface area contributed by atoms with E-state index in [1.807, 2.05) is 29.2 Å². The van der Waals surface area contributed by atoms with Crippen molar-refractivity contribution in [3.63, 3.8) is 0 Å². The van der Waals surface area contributed by atoms with Crippen LogP contribution < -0.4 is 14.2 Å². The summed E-state index contributed by atoms with van der Waals surface area (Å²) in [7, 11) is 4.99. The van der Waals surface area contributed by atoms with Crippen molar-refractivity contribution in [2.24, 2.45) is 0 Å². The van der Waals surface area contributed by atoms with Crippen LogP contribution in [-0.4, -0.2) is 50.2 Å². The van der Waals surface area contributed by atoms with Crippen molar-refractivity contribution in [3.05, 3.63) is 53.7 Å². The molecule has 2 heterocycles. The molecule has 2 aromatic carbocycles. The van der Waals surface area contributed by atoms with Gasteiger partial charge in [-0.25, -0.2) is 0 Å². The van der Waals surface area contributed by atoms with E-state index in [4.69, 9.17) is 14.2 Å². The summed E-state index contributed by atoms with van der Waals surface area (Å²) >= 11 is 0. The number of hydrogen-bond donors (Lipinski definition) is 1. The predicted octanol–water partition coefficient (Wildman–Crippen LogP) is 4.53. The Morgan fingerprint density at radius 2 is 1.71 bits per heavy atom. The molecule has 1 saturated heterocycles. The molecular formula is C25H30N2O4. The number of aromatic amines is 1. The maximum atomic E-state index is 12.8. The van der Waals surface area contributed by atoms with Crippen molar-refractivity contribution < 1.29 is 19.0 Å². The van der Waals surface area contributed by atoms with Gasteiger partial charge in [0.25, 0.3) is 0 Å². The van der Waals surface area contributed by atoms with Gasteiger partial charge in [-0.15, -0.1) is 0 Å². The maximum absolute atomic E-state index is 12.8. The number of nitrogens with one attached hydrogen (secondary N) is 1. The number of aromatic nitrogens is 1. The average molecular weight is 423 g/mol. The van der Waals surface area contributed by atoms with Gasteiger partial charge in [0, 0.05) is 36.6 Å². The summed E-state index contributed by atoms with van der Waals surface area (Å²) < 4.78 is 16.1. The van der Waals surface area contributed by atoms with Crippen LogP contribution in [0.2, 0.25) is 0 Å². The Balaban J connectivity index is 1.36. The standard InChI is InChI=1S/C25H30N2O4/c1-29-19-6-8-24(31-3)18(14-19)4-9-25(28)27-12-10-17(11-13-27)22-16-26-23-7-5-20(30-2)15-21(22)23/h5-8,14-17,26H,4,9-13H2,1-3H3. The number of benzene rings is 2. The molecule has 0 radical (unpaired) electrons. The predicted molar refractivity (Wildman–Crippen MR) is 121 cm³/mol. The van der Waals surface area contributed by atoms with Crippen LogP contribution in [0.5, 0.6) is 17.2 Å². The minimum Gasteiger partial charge on any atom is -0.497 e. The lowest BCUT2D eigenvalue weighted by molar-refractivity contribution is -0.132. The Bertz CT molecular complexity index is 1050. The van der Waals surface area contributed by atoms with Crippen LogP contribution >= 0.6 is 0 Å². The number of methoxy groups -OCH3 is 3. The average Bonchev–Trinajstić information content (AvgIpc) is 3.25. The van der Waals surface area contributed by atoms with Crippen LogP contribution in [0, 0.1) is 0 Å². The molecule has 0 spiro atoms. The minimum atomic E-state index is 0.198. The number of carbonyl (C=O) groups excluding carboxylic acids is 1. The highest BCUT2D eigenvalue weighted by molar-refractivity contribution is 5.85. The van der Waals surface area contributed by atoms with E-state index in [-0.39, 0.29) is 5.91 Å². The number of piperidine rings is 1. The third-order valence-corrected chi connectivity index (χ3v) is 6.30. The van der Waals surface area contributed by atoms with Gasteiger partial charge in [-0.1, -0.05) is 0 Å². The first-order chi connectivity index (χ1) is 15.1. The number of aryl methyl sites for hydroxylation is 1. The Morgan fingerprint density at radius 1 is 1.00 bits per heavy atom. The molecule has 1 amide bonds. The lowest BCUT2D eigenvalue weighted by Gasteiger charge is -2.32. The Morgan fingerprint density at radius 3 is 2.42 bits per heavy atom. The molecule has 0 bridgehead atoms. The summed E-state index contributed by atoms with van der Waals surface area (Å²) in [6, 6.07) is 11.8. The molecule has 4 rings (SSSR count). The van der Waals surface area contributed by atoms with Crippen LogP contribution in [0.4, 0.5) is 0 Å². The first-order valence-corrected chi connectivity index (χ1v) is 10.8. The van der Waals surface area contributed by atoms with Crippen molar-refractivity contribution in [1.29, 1.82) is 0 Å². The van der Waals surface area contributed by atoms with Gasteiger partial charge in [-0.05, 0) is 72.7 Å². The summed E-state index contributed by atoms with van der Waals surface area (Å²) in [5, 5.41) is 1.22. The van der Waals surface area contributed by atoms with E-state index >= 15 is 0 Å². The number of nitrogens with zero attached hydrogens (tertiary/aromatic N) is 1. The van der Waals surface area contributed by atoms with Crippen LogP contribution in [0.25, 0.3) is 10.9 Å². The van der Waals surface area contributed by atoms with E-state index in [2.05, 4.69) is 23.3 Å². The number of fused-ring (bicyclic) bond motifs is 1. The molecule has 1 aliphatic rings. The van der Waals surface area contributed by atoms with Gasteiger partial charge in [-0.3, -0.25) is 4.79 Å². The van der Waals surface area contributed by atoms with Gasteiger partial charge in [-0.2, -0.15) is 0 Å². The fourth-order valence-corrected chi connectivity index (χ4v) is 4.50. The van der Waals surface area contributed by atoms with E-state index in [1.54, 1.807) is 21.3 Å². The van der Waals surface area contributed by atoms with Gasteiger partial charge in [0.2, 0.25) is 5.91 Å². The van der Waals surface area contributed by atoms with Crippen molar-refractivity contribution >= 4 is 16.8 Å². The maximum Gasteiger partial charge on any atom is 0.222 e. The SMILES string of the molecule is COc1ccc(OC)c(CCC(=O)N2CCC(c3c[nH]c4ccc(OC)cc34)CC2)c1. The number of likely N-dealkylation sites (tertiary alicyclic amines) is 1. The molecule has 0 saturated carbocycles. The third kappa shape index (κ3) is 4.48. The molecule has 0 aliphatic carbocycles. The molecule has 31 heavy (non-hydrogen) atoms. The fourth-order valence-electron chi connectivity index (χ4n) is 4.50. The van der Waals surface area contributed by atoms with Crippen molar-refractivity contribution in [2.75, 3.05) is 34.4 Å². The van der Waals surface area contributed by atoms with E-state index in [1.165, 1.54) is 10.9 Å². The van der Waals surface area contributed by atoms with Gasteiger partial charge < -0.3 is 24.1 Å². The Kier molecular flexibility index (Phi) is 6.35. The van der Waals surface area contributed by atoms with Gasteiger partial charge in [0.1, 0.15) is 17.2 Å². The van der Waals surface area contributed by atoms with E-state index in [0.29, 0.717) is 18.8 Å². The topological polar surface area (TPSA) is 63.8 Å². The quantitative estimate of drug-likeness (QED) is 0.608. The van der Waals surface area contributed by atoms with Crippen molar-refractivity contribution in [3.8, 4) is 17.2 Å². The normalized spacial score (nSPS) is 14.6. The lowest BCUT2D eigenvalue weighted by Crippen LogP contribution is -2.38. The van der Waals surface area contributed by atoms with Gasteiger partial charge >= 0.3 is 0 Å². The molecule has 1 fully saturated rings. The Labute approximate surface area is 183 Å². The van der Waals surface area contributed by atoms with Crippen LogP contribution in [0.3, 0.4) is 0 Å². The molecule has 0 unspecified atom stereocenters. The second-order valence-corrected chi connectivity index (χ2v) is 7.99. The minimum absolute atomic E-state index is 0.198. The highest BCUT2D eigenvalue weighted by atomic mass is 16.5. The molecular weight excluding hydrogens is 392 g/mol. The largest absolute Gasteiger partial charge is 0.497 e. The summed E-state index contributed by atoms with van der Waals surface area (Å²) in [6.45, 7) is 1.57. The zero-order valence-corrected chi connectivity index (χ0v) is 18.4. The number of carbonyl (C=O) groups is 1. The van der Waals surface area contributed by atoms with Crippen LogP contribution in [0.1, 0.15) is 36.3 Å². The molecule has 3 aromatic rings. The van der Waals surface area contributed by atoms with E-state index < -0.39 is 0 Å². The van der Waals surface area contributed by atoms with Crippen LogP contribution in [-0.2, 0) is 11.2 Å². The van der Waals surface area contributed by atoms with Gasteiger partial charge in [0.05, 0.1) is 21.3 Å². The van der Waals surface area contributed by atoms with Crippen molar-refractivity contribution in [1.82, 2.24) is 9.88 Å². The second-order valence-electron chi connectivity index (χ2n) is 7.99. The monoisotopic (exact) mass is 422 g/mol. The first-order valence-electron chi connectivity index (χ1n) is 10.8. The molecule has 1 aromatic heterocycles. The Hall–Kier alpha value is -3.15. The molecule has 1 N–H and O–H groups in total. The van der Waals surface area contributed by atoms with Crippen molar-refractivity contribution in [2.45, 2.75) is 31.6 Å². The second kappa shape index (κ2) is 9.33. The molecule has 6 nitrogen and oxygen atoms in total. The summed E-state index contributed by atoms with van der Waals surface area (Å²) in [6.07, 6.45) is 5.16. The number of H-pyrrole nitrogens is 1. The molecule has 6 heteroatoms. The van der Waals surface area contributed by atoms with Crippen LogP contribution in [0.15, 0.2) is 42.6 Å². The third-order valence-electron chi connectivity index (χ3n) is 6.30. The number of rotatable bonds is 7. The number of ether oxygens (including phenoxy) is 3. The zero-order chi connectivity index (χ0) is 21.8. The zero-order valence-electron chi connectivity index (χ0n) is 18.4. The summed E-state index contributed by atoms with van der Waals surface area (Å²) in [4.78, 5) is 18.2. The molecule has 1 aliphatic heterocycles. The molecule has 0 atom stereocenters. The van der Waals surface area contributed by atoms with E-state index in [9.17, 15) is 4.79 Å². The highest BCUT2D eigenvalue weighted by Gasteiger charge is 2.25. The van der Waals surface area contributed by atoms with E-state index in [0.717, 1.165) is 54.3 Å². The first kappa shape index (κ1) is 21.1. The summed E-state index contributed by atoms with van der Waals surface area (Å²) in [5.74, 6) is 3.09. The lowest BCUT2D eigenvalue weighted by atomic mass is 9.89. The summed E-state index contributed by atoms with van der Waals surface area (Å²) in [5.41, 5.74) is 3.45. The highest BCUT2D eigenvalue weighted by Crippen LogP contribution is 2.35. The fraction of sp³-hybridized carbons (Fsp3) is 0.400. The molecule has 164 valence electrons. The number of amides is 1.